The molecule has 7 unspecified atom stereocenters. The Kier molecular flexibility index (Phi) is 6.82. The average molecular weight is 582 g/mol. The van der Waals surface area contributed by atoms with Gasteiger partial charge in [0.2, 0.25) is 5.91 Å². The summed E-state index contributed by atoms with van der Waals surface area (Å²) in [6, 6.07) is -0.827. The molecule has 14 heteroatoms. The monoisotopic (exact) mass is 581 g/mol. The van der Waals surface area contributed by atoms with Gasteiger partial charge in [0.1, 0.15) is 11.5 Å². The van der Waals surface area contributed by atoms with Gasteiger partial charge in [-0.25, -0.2) is 0 Å². The number of rotatable bonds is 4. The van der Waals surface area contributed by atoms with Crippen molar-refractivity contribution in [2.24, 2.45) is 29.4 Å². The van der Waals surface area contributed by atoms with Gasteiger partial charge in [-0.1, -0.05) is 0 Å². The first-order chi connectivity index (χ1) is 19.0. The maximum Gasteiger partial charge on any atom is 0.573 e. The fourth-order valence-corrected chi connectivity index (χ4v) is 7.47. The molecule has 0 radical (unpaired) electrons. The van der Waals surface area contributed by atoms with Crippen LogP contribution in [0, 0.1) is 23.7 Å². The van der Waals surface area contributed by atoms with Crippen LogP contribution in [-0.2, 0) is 25.6 Å². The summed E-state index contributed by atoms with van der Waals surface area (Å²) in [5, 5.41) is 22.5. The maximum atomic E-state index is 13.9. The number of fused-ring (bicyclic) bond motifs is 3. The molecule has 222 valence electrons. The summed E-state index contributed by atoms with van der Waals surface area (Å²) >= 11 is 0. The molecule has 2 saturated carbocycles. The summed E-state index contributed by atoms with van der Waals surface area (Å²) in [6.45, 7) is 0.590. The van der Waals surface area contributed by atoms with E-state index in [4.69, 9.17) is 5.73 Å². The zero-order valence-electron chi connectivity index (χ0n) is 22.5. The Bertz CT molecular complexity index is 1380. The third-order valence-electron chi connectivity index (χ3n) is 9.14. The first-order valence-corrected chi connectivity index (χ1v) is 13.2. The standard InChI is InChI=1S/C27H30F3N3O8/c1-32(2)19-13-8-10-7-12-17(15(34)9-11(14-5-4-6-33(14)3)22(12)41-27(28,29)30)20(35)16(10)23(37)26(13,40)24(38)18(21(19)36)25(31)39/h9-10,13-14,16,18-19,34,40H,4-8H2,1-3H3,(H2,31,39). The number of nitrogens with two attached hydrogens (primary N) is 1. The number of ketones is 4. The topological polar surface area (TPSA) is 168 Å². The number of carbonyl (C=O) groups excluding carboxylic acids is 5. The number of ether oxygens (including phenoxy) is 1. The molecule has 3 aliphatic carbocycles. The largest absolute Gasteiger partial charge is 0.573 e. The molecule has 3 fully saturated rings. The highest BCUT2D eigenvalue weighted by Gasteiger charge is 2.69. The van der Waals surface area contributed by atoms with Crippen molar-refractivity contribution in [1.82, 2.24) is 9.80 Å². The van der Waals surface area contributed by atoms with Gasteiger partial charge in [0.15, 0.2) is 34.7 Å². The van der Waals surface area contributed by atoms with E-state index in [9.17, 15) is 47.4 Å². The van der Waals surface area contributed by atoms with Gasteiger partial charge in [-0.2, -0.15) is 0 Å². The Labute approximate surface area is 232 Å². The van der Waals surface area contributed by atoms with Gasteiger partial charge >= 0.3 is 6.36 Å². The van der Waals surface area contributed by atoms with Gasteiger partial charge in [-0.15, -0.1) is 13.2 Å². The van der Waals surface area contributed by atoms with Crippen LogP contribution in [0.1, 0.15) is 46.8 Å². The van der Waals surface area contributed by atoms with Gasteiger partial charge in [0.05, 0.1) is 17.5 Å². The number of primary amides is 1. The molecule has 1 aliphatic heterocycles. The van der Waals surface area contributed by atoms with Crippen LogP contribution < -0.4 is 10.5 Å². The Morgan fingerprint density at radius 3 is 2.39 bits per heavy atom. The highest BCUT2D eigenvalue weighted by atomic mass is 19.4. The number of aliphatic hydroxyl groups is 1. The number of hydrogen-bond donors (Lipinski definition) is 3. The van der Waals surface area contributed by atoms with Crippen molar-refractivity contribution in [2.75, 3.05) is 27.7 Å². The van der Waals surface area contributed by atoms with Crippen molar-refractivity contribution in [3.8, 4) is 11.5 Å². The van der Waals surface area contributed by atoms with Crippen LogP contribution in [-0.4, -0.2) is 94.7 Å². The Hall–Kier alpha value is -3.36. The molecule has 1 aromatic rings. The molecule has 0 bridgehead atoms. The van der Waals surface area contributed by atoms with E-state index in [1.54, 1.807) is 11.9 Å². The van der Waals surface area contributed by atoms with Crippen molar-refractivity contribution in [3.63, 3.8) is 0 Å². The summed E-state index contributed by atoms with van der Waals surface area (Å²) < 4.78 is 45.5. The quantitative estimate of drug-likeness (QED) is 0.427. The minimum atomic E-state index is -5.14. The molecule has 4 aliphatic rings. The van der Waals surface area contributed by atoms with Crippen molar-refractivity contribution in [3.05, 3.63) is 22.8 Å². The van der Waals surface area contributed by atoms with Crippen LogP contribution in [0.25, 0.3) is 0 Å². The lowest BCUT2D eigenvalue weighted by Crippen LogP contribution is -2.74. The van der Waals surface area contributed by atoms with Gasteiger partial charge in [0, 0.05) is 23.1 Å². The highest BCUT2D eigenvalue weighted by Crippen LogP contribution is 2.54. The minimum Gasteiger partial charge on any atom is -0.507 e. The first kappa shape index (κ1) is 29.1. The van der Waals surface area contributed by atoms with E-state index < -0.39 is 93.8 Å². The van der Waals surface area contributed by atoms with Crippen molar-refractivity contribution >= 4 is 29.0 Å². The lowest BCUT2D eigenvalue weighted by atomic mass is 9.52. The van der Waals surface area contributed by atoms with E-state index in [1.165, 1.54) is 19.0 Å². The molecule has 4 N–H and O–H groups in total. The second kappa shape index (κ2) is 9.60. The number of phenols is 1. The van der Waals surface area contributed by atoms with E-state index in [1.807, 2.05) is 0 Å². The number of benzene rings is 1. The van der Waals surface area contributed by atoms with Crippen LogP contribution in [0.5, 0.6) is 11.5 Å². The molecular weight excluding hydrogens is 551 g/mol. The first-order valence-electron chi connectivity index (χ1n) is 13.2. The molecule has 5 rings (SSSR count). The molecule has 7 atom stereocenters. The molecule has 1 heterocycles. The summed E-state index contributed by atoms with van der Waals surface area (Å²) in [5.41, 5.74) is 1.62. The summed E-state index contributed by atoms with van der Waals surface area (Å²) in [5.74, 6) is -13.6. The maximum absolute atomic E-state index is 13.9. The fourth-order valence-electron chi connectivity index (χ4n) is 7.47. The van der Waals surface area contributed by atoms with Gasteiger partial charge in [-0.05, 0) is 65.4 Å². The lowest BCUT2D eigenvalue weighted by Gasteiger charge is -2.52. The van der Waals surface area contributed by atoms with Gasteiger partial charge in [0.25, 0.3) is 0 Å². The van der Waals surface area contributed by atoms with Crippen molar-refractivity contribution in [1.29, 1.82) is 0 Å². The molecule has 41 heavy (non-hydrogen) atoms. The molecule has 0 aromatic heterocycles. The zero-order chi connectivity index (χ0) is 30.3. The van der Waals surface area contributed by atoms with E-state index >= 15 is 0 Å². The molecule has 1 aromatic carbocycles. The third-order valence-corrected chi connectivity index (χ3v) is 9.14. The van der Waals surface area contributed by atoms with Crippen LogP contribution in [0.3, 0.4) is 0 Å². The van der Waals surface area contributed by atoms with E-state index in [-0.39, 0.29) is 24.0 Å². The lowest BCUT2D eigenvalue weighted by molar-refractivity contribution is -0.275. The average Bonchev–Trinajstić information content (AvgIpc) is 3.27. The molecule has 1 amide bonds. The molecule has 0 spiro atoms. The Balaban J connectivity index is 1.67. The van der Waals surface area contributed by atoms with Crippen LogP contribution in [0.4, 0.5) is 13.2 Å². The minimum absolute atomic E-state index is 0.0435. The normalized spacial score (nSPS) is 34.0. The highest BCUT2D eigenvalue weighted by molar-refractivity contribution is 6.32. The van der Waals surface area contributed by atoms with Crippen molar-refractivity contribution in [2.45, 2.75) is 49.7 Å². The van der Waals surface area contributed by atoms with Crippen LogP contribution >= 0.6 is 0 Å². The fraction of sp³-hybridized carbons (Fsp3) is 0.593. The second-order valence-corrected chi connectivity index (χ2v) is 11.6. The van der Waals surface area contributed by atoms with Gasteiger partial charge in [-0.3, -0.25) is 33.8 Å². The predicted octanol–water partition coefficient (Wildman–Crippen LogP) is 0.532. The number of nitrogens with zero attached hydrogens (tertiary/aromatic N) is 2. The number of halogens is 3. The van der Waals surface area contributed by atoms with E-state index in [2.05, 4.69) is 4.74 Å². The zero-order valence-corrected chi connectivity index (χ0v) is 22.5. The van der Waals surface area contributed by atoms with Gasteiger partial charge < -0.3 is 20.7 Å². The Morgan fingerprint density at radius 2 is 1.85 bits per heavy atom. The van der Waals surface area contributed by atoms with E-state index in [0.29, 0.717) is 19.4 Å². The molecule has 1 saturated heterocycles. The van der Waals surface area contributed by atoms with Crippen molar-refractivity contribution < 1.29 is 52.1 Å². The third kappa shape index (κ3) is 4.26. The molecule has 11 nitrogen and oxygen atoms in total. The summed E-state index contributed by atoms with van der Waals surface area (Å²) in [6.07, 6.45) is -4.60. The number of phenolic OH excluding ortho intramolecular Hbond substituents is 1. The van der Waals surface area contributed by atoms with E-state index in [0.717, 1.165) is 6.07 Å². The number of hydrogen-bond acceptors (Lipinski definition) is 10. The number of Topliss-reactive ketones (excluding diaryl/α,β-unsaturated/α-hetero) is 4. The predicted molar refractivity (Wildman–Crippen MR) is 133 cm³/mol. The number of likely N-dealkylation sites (N-methyl/N-ethyl adjacent to an activating group) is 1. The second-order valence-electron chi connectivity index (χ2n) is 11.6. The summed E-state index contributed by atoms with van der Waals surface area (Å²) in [4.78, 5) is 69.4. The number of alkyl halides is 3. The van der Waals surface area contributed by atoms with Crippen LogP contribution in [0.2, 0.25) is 0 Å². The number of amides is 1. The smallest absolute Gasteiger partial charge is 0.507 e. The summed E-state index contributed by atoms with van der Waals surface area (Å²) in [7, 11) is 4.59. The molecular formula is C27H30F3N3O8. The number of aromatic hydroxyl groups is 1. The number of likely N-dealkylation sites (tertiary alicyclic amines) is 1. The number of carbonyl (C=O) groups is 5. The van der Waals surface area contributed by atoms with Crippen LogP contribution in [0.15, 0.2) is 6.07 Å². The SMILES string of the molecule is CN(C)C1C(=O)C(C(N)=O)C(=O)C2(O)C(=O)C3C(=O)c4c(O)cc(C5CCCN5C)c(OC(F)(F)F)c4CC3CC12. The Morgan fingerprint density at radius 1 is 1.20 bits per heavy atom.